The van der Waals surface area contributed by atoms with Crippen molar-refractivity contribution >= 4 is 11.6 Å². The molecule has 0 amide bonds. The van der Waals surface area contributed by atoms with Gasteiger partial charge >= 0.3 is 0 Å². The van der Waals surface area contributed by atoms with Crippen LogP contribution in [0.25, 0.3) is 0 Å². The lowest BCUT2D eigenvalue weighted by Gasteiger charge is -2.10. The van der Waals surface area contributed by atoms with Gasteiger partial charge in [0, 0.05) is 5.02 Å². The summed E-state index contributed by atoms with van der Waals surface area (Å²) < 4.78 is 11.2. The second-order valence-corrected chi connectivity index (χ2v) is 4.85. The first-order valence-corrected chi connectivity index (χ1v) is 7.15. The molecule has 0 bridgehead atoms. The zero-order valence-corrected chi connectivity index (χ0v) is 12.6. The molecule has 0 unspecified atom stereocenters. The maximum Gasteiger partial charge on any atom is 0.122 e. The molecule has 0 aromatic heterocycles. The summed E-state index contributed by atoms with van der Waals surface area (Å²) in [5.74, 6) is 1.52. The second-order valence-electron chi connectivity index (χ2n) is 4.44. The predicted molar refractivity (Wildman–Crippen MR) is 83.0 cm³/mol. The van der Waals surface area contributed by atoms with Crippen molar-refractivity contribution in [1.29, 1.82) is 5.26 Å². The number of rotatable bonds is 6. The standard InChI is InChI=1S/C17H16ClNO2/c1-2-14-11-16(7-8-17(14)18)21-10-9-20-15-5-3-13(12-19)4-6-15/h3-8,11H,2,9-10H2,1H3. The van der Waals surface area contributed by atoms with Gasteiger partial charge in [-0.1, -0.05) is 18.5 Å². The largest absolute Gasteiger partial charge is 0.490 e. The lowest BCUT2D eigenvalue weighted by atomic mass is 10.1. The van der Waals surface area contributed by atoms with E-state index in [-0.39, 0.29) is 0 Å². The Morgan fingerprint density at radius 2 is 1.62 bits per heavy atom. The fourth-order valence-electron chi connectivity index (χ4n) is 1.86. The van der Waals surface area contributed by atoms with Crippen LogP contribution in [0.15, 0.2) is 42.5 Å². The first-order valence-electron chi connectivity index (χ1n) is 6.77. The van der Waals surface area contributed by atoms with E-state index in [1.807, 2.05) is 18.2 Å². The molecule has 2 rings (SSSR count). The topological polar surface area (TPSA) is 42.2 Å². The van der Waals surface area contributed by atoms with Crippen LogP contribution in [0, 0.1) is 11.3 Å². The third-order valence-corrected chi connectivity index (χ3v) is 3.37. The highest BCUT2D eigenvalue weighted by molar-refractivity contribution is 6.31. The van der Waals surface area contributed by atoms with Gasteiger partial charge in [-0.25, -0.2) is 0 Å². The molecule has 108 valence electrons. The maximum atomic E-state index is 8.71. The van der Waals surface area contributed by atoms with E-state index in [4.69, 9.17) is 26.3 Å². The van der Waals surface area contributed by atoms with E-state index in [0.717, 1.165) is 28.5 Å². The summed E-state index contributed by atoms with van der Waals surface area (Å²) in [5, 5.41) is 9.47. The summed E-state index contributed by atoms with van der Waals surface area (Å²) in [6, 6.07) is 14.7. The first kappa shape index (κ1) is 15.2. The molecule has 2 aromatic carbocycles. The molecule has 0 aliphatic heterocycles. The van der Waals surface area contributed by atoms with E-state index >= 15 is 0 Å². The van der Waals surface area contributed by atoms with E-state index in [9.17, 15) is 0 Å². The molecular formula is C17H16ClNO2. The number of ether oxygens (including phenoxy) is 2. The number of aryl methyl sites for hydroxylation is 1. The van der Waals surface area contributed by atoms with Gasteiger partial charge in [-0.2, -0.15) is 5.26 Å². The number of nitrogens with zero attached hydrogens (tertiary/aromatic N) is 1. The number of halogens is 1. The van der Waals surface area contributed by atoms with Gasteiger partial charge in [-0.15, -0.1) is 0 Å². The van der Waals surface area contributed by atoms with E-state index in [0.29, 0.717) is 18.8 Å². The molecule has 0 spiro atoms. The molecule has 0 atom stereocenters. The van der Waals surface area contributed by atoms with Gasteiger partial charge in [0.1, 0.15) is 24.7 Å². The van der Waals surface area contributed by atoms with Crippen LogP contribution in [-0.2, 0) is 6.42 Å². The highest BCUT2D eigenvalue weighted by Gasteiger charge is 2.01. The van der Waals surface area contributed by atoms with Crippen molar-refractivity contribution in [2.45, 2.75) is 13.3 Å². The van der Waals surface area contributed by atoms with Gasteiger partial charge < -0.3 is 9.47 Å². The van der Waals surface area contributed by atoms with E-state index < -0.39 is 0 Å². The monoisotopic (exact) mass is 301 g/mol. The summed E-state index contributed by atoms with van der Waals surface area (Å²) in [6.45, 7) is 2.94. The van der Waals surface area contributed by atoms with Crippen LogP contribution < -0.4 is 9.47 Å². The summed E-state index contributed by atoms with van der Waals surface area (Å²) in [7, 11) is 0. The van der Waals surface area contributed by atoms with Crippen LogP contribution in [0.1, 0.15) is 18.1 Å². The highest BCUT2D eigenvalue weighted by Crippen LogP contribution is 2.22. The van der Waals surface area contributed by atoms with E-state index in [2.05, 4.69) is 13.0 Å². The third kappa shape index (κ3) is 4.40. The Balaban J connectivity index is 1.80. The predicted octanol–water partition coefficient (Wildman–Crippen LogP) is 4.23. The summed E-state index contributed by atoms with van der Waals surface area (Å²) in [6.07, 6.45) is 0.873. The Bertz CT molecular complexity index is 632. The van der Waals surface area contributed by atoms with Gasteiger partial charge in [0.05, 0.1) is 11.6 Å². The highest BCUT2D eigenvalue weighted by atomic mass is 35.5. The minimum atomic E-state index is 0.440. The minimum absolute atomic E-state index is 0.440. The SMILES string of the molecule is CCc1cc(OCCOc2ccc(C#N)cc2)ccc1Cl. The van der Waals surface area contributed by atoms with Crippen molar-refractivity contribution in [2.75, 3.05) is 13.2 Å². The molecule has 0 fully saturated rings. The van der Waals surface area contributed by atoms with Crippen LogP contribution in [-0.4, -0.2) is 13.2 Å². The van der Waals surface area contributed by atoms with Crippen molar-refractivity contribution in [3.8, 4) is 17.6 Å². The Labute approximate surface area is 129 Å². The Morgan fingerprint density at radius 3 is 2.24 bits per heavy atom. The van der Waals surface area contributed by atoms with Gasteiger partial charge in [-0.05, 0) is 54.4 Å². The number of hydrogen-bond donors (Lipinski definition) is 0. The Morgan fingerprint density at radius 1 is 1.00 bits per heavy atom. The first-order chi connectivity index (χ1) is 10.2. The van der Waals surface area contributed by atoms with Crippen LogP contribution in [0.5, 0.6) is 11.5 Å². The third-order valence-electron chi connectivity index (χ3n) is 3.00. The van der Waals surface area contributed by atoms with Crippen molar-refractivity contribution in [1.82, 2.24) is 0 Å². The summed E-state index contributed by atoms with van der Waals surface area (Å²) in [4.78, 5) is 0. The molecule has 0 heterocycles. The molecule has 2 aromatic rings. The number of nitriles is 1. The molecule has 0 saturated carbocycles. The molecule has 21 heavy (non-hydrogen) atoms. The Hall–Kier alpha value is -2.18. The lowest BCUT2D eigenvalue weighted by Crippen LogP contribution is -2.09. The van der Waals surface area contributed by atoms with Gasteiger partial charge in [0.25, 0.3) is 0 Å². The van der Waals surface area contributed by atoms with Crippen molar-refractivity contribution in [3.05, 3.63) is 58.6 Å². The molecular weight excluding hydrogens is 286 g/mol. The lowest BCUT2D eigenvalue weighted by molar-refractivity contribution is 0.217. The average molecular weight is 302 g/mol. The smallest absolute Gasteiger partial charge is 0.122 e. The maximum absolute atomic E-state index is 8.71. The quantitative estimate of drug-likeness (QED) is 0.750. The Kier molecular flexibility index (Phi) is 5.48. The summed E-state index contributed by atoms with van der Waals surface area (Å²) in [5.41, 5.74) is 1.69. The van der Waals surface area contributed by atoms with Crippen LogP contribution >= 0.6 is 11.6 Å². The molecule has 0 aliphatic carbocycles. The van der Waals surface area contributed by atoms with Crippen molar-refractivity contribution < 1.29 is 9.47 Å². The fourth-order valence-corrected chi connectivity index (χ4v) is 2.11. The average Bonchev–Trinajstić information content (AvgIpc) is 2.53. The van der Waals surface area contributed by atoms with E-state index in [1.165, 1.54) is 0 Å². The molecule has 0 N–H and O–H groups in total. The van der Waals surface area contributed by atoms with Gasteiger partial charge in [0.2, 0.25) is 0 Å². The molecule has 4 heteroatoms. The van der Waals surface area contributed by atoms with Gasteiger partial charge in [0.15, 0.2) is 0 Å². The summed E-state index contributed by atoms with van der Waals surface area (Å²) >= 11 is 6.06. The van der Waals surface area contributed by atoms with Crippen molar-refractivity contribution in [3.63, 3.8) is 0 Å². The molecule has 0 aliphatic rings. The zero-order chi connectivity index (χ0) is 15.1. The van der Waals surface area contributed by atoms with Gasteiger partial charge in [-0.3, -0.25) is 0 Å². The molecule has 3 nitrogen and oxygen atoms in total. The van der Waals surface area contributed by atoms with Crippen LogP contribution in [0.3, 0.4) is 0 Å². The fraction of sp³-hybridized carbons (Fsp3) is 0.235. The van der Waals surface area contributed by atoms with Crippen molar-refractivity contribution in [2.24, 2.45) is 0 Å². The normalized spacial score (nSPS) is 9.95. The zero-order valence-electron chi connectivity index (χ0n) is 11.8. The van der Waals surface area contributed by atoms with Crippen LogP contribution in [0.4, 0.5) is 0 Å². The molecule has 0 saturated heterocycles. The molecule has 0 radical (unpaired) electrons. The second kappa shape index (κ2) is 7.56. The van der Waals surface area contributed by atoms with Crippen LogP contribution in [0.2, 0.25) is 5.02 Å². The van der Waals surface area contributed by atoms with E-state index in [1.54, 1.807) is 24.3 Å². The number of benzene rings is 2. The number of hydrogen-bond acceptors (Lipinski definition) is 3. The minimum Gasteiger partial charge on any atom is -0.490 e.